The summed E-state index contributed by atoms with van der Waals surface area (Å²) in [6.45, 7) is 4.32. The fourth-order valence-electron chi connectivity index (χ4n) is 1.86. The van der Waals surface area contributed by atoms with Crippen molar-refractivity contribution in [2.45, 2.75) is 20.3 Å². The summed E-state index contributed by atoms with van der Waals surface area (Å²) in [7, 11) is 1.68. The number of oxazole rings is 1. The molecule has 0 bridgehead atoms. The molecule has 5 heteroatoms. The SMILES string of the molecule is CC(C)C(=O)NCCc1ccc2oc(=O)n(C)c2c1. The first-order valence-electron chi connectivity index (χ1n) is 6.35. The lowest BCUT2D eigenvalue weighted by Crippen LogP contribution is -2.29. The Balaban J connectivity index is 2.07. The third-order valence-corrected chi connectivity index (χ3v) is 3.09. The predicted molar refractivity (Wildman–Crippen MR) is 73.0 cm³/mol. The monoisotopic (exact) mass is 262 g/mol. The summed E-state index contributed by atoms with van der Waals surface area (Å²) >= 11 is 0. The Bertz CT molecular complexity index is 652. The van der Waals surface area contributed by atoms with Gasteiger partial charge in [-0.25, -0.2) is 4.79 Å². The summed E-state index contributed by atoms with van der Waals surface area (Å²) in [6, 6.07) is 5.62. The molecular formula is C14H18N2O3. The Morgan fingerprint density at radius 1 is 1.42 bits per heavy atom. The Morgan fingerprint density at radius 2 is 2.16 bits per heavy atom. The average Bonchev–Trinajstić information content (AvgIpc) is 2.65. The second-order valence-corrected chi connectivity index (χ2v) is 4.92. The van der Waals surface area contributed by atoms with Crippen molar-refractivity contribution < 1.29 is 9.21 Å². The van der Waals surface area contributed by atoms with E-state index in [2.05, 4.69) is 5.32 Å². The maximum absolute atomic E-state index is 11.4. The Morgan fingerprint density at radius 3 is 2.84 bits per heavy atom. The third kappa shape index (κ3) is 2.86. The zero-order valence-electron chi connectivity index (χ0n) is 11.4. The Labute approximate surface area is 111 Å². The molecular weight excluding hydrogens is 244 g/mol. The number of nitrogens with one attached hydrogen (secondary N) is 1. The van der Waals surface area contributed by atoms with Crippen LogP contribution < -0.4 is 11.1 Å². The largest absolute Gasteiger partial charge is 0.419 e. The highest BCUT2D eigenvalue weighted by Gasteiger charge is 2.08. The van der Waals surface area contributed by atoms with E-state index in [9.17, 15) is 9.59 Å². The minimum atomic E-state index is -0.361. The van der Waals surface area contributed by atoms with Gasteiger partial charge in [-0.2, -0.15) is 0 Å². The van der Waals surface area contributed by atoms with Gasteiger partial charge in [0.15, 0.2) is 5.58 Å². The third-order valence-electron chi connectivity index (χ3n) is 3.09. The molecule has 1 aromatic heterocycles. The quantitative estimate of drug-likeness (QED) is 0.907. The molecule has 2 rings (SSSR count). The highest BCUT2D eigenvalue weighted by atomic mass is 16.4. The van der Waals surface area contributed by atoms with Crippen LogP contribution in [0.25, 0.3) is 11.1 Å². The van der Waals surface area contributed by atoms with Gasteiger partial charge < -0.3 is 9.73 Å². The molecule has 1 N–H and O–H groups in total. The zero-order chi connectivity index (χ0) is 14.0. The fraction of sp³-hybridized carbons (Fsp3) is 0.429. The van der Waals surface area contributed by atoms with Crippen molar-refractivity contribution in [2.24, 2.45) is 13.0 Å². The first kappa shape index (κ1) is 13.4. The molecule has 0 saturated heterocycles. The maximum Gasteiger partial charge on any atom is 0.419 e. The molecule has 0 aliphatic heterocycles. The lowest BCUT2D eigenvalue weighted by Gasteiger charge is -2.07. The molecule has 0 atom stereocenters. The van der Waals surface area contributed by atoms with Crippen LogP contribution in [-0.2, 0) is 18.3 Å². The number of aromatic nitrogens is 1. The number of benzene rings is 1. The first-order chi connectivity index (χ1) is 8.99. The van der Waals surface area contributed by atoms with Gasteiger partial charge in [-0.3, -0.25) is 9.36 Å². The van der Waals surface area contributed by atoms with Crippen molar-refractivity contribution in [1.29, 1.82) is 0 Å². The minimum Gasteiger partial charge on any atom is -0.408 e. The van der Waals surface area contributed by atoms with Gasteiger partial charge in [0.25, 0.3) is 0 Å². The smallest absolute Gasteiger partial charge is 0.408 e. The minimum absolute atomic E-state index is 0.00262. The lowest BCUT2D eigenvalue weighted by atomic mass is 10.1. The summed E-state index contributed by atoms with van der Waals surface area (Å²) in [4.78, 5) is 22.8. The number of hydrogen-bond donors (Lipinski definition) is 1. The van der Waals surface area contributed by atoms with Gasteiger partial charge in [-0.1, -0.05) is 19.9 Å². The number of carbonyl (C=O) groups excluding carboxylic acids is 1. The molecule has 2 aromatic rings. The van der Waals surface area contributed by atoms with Crippen LogP contribution in [0.3, 0.4) is 0 Å². The molecule has 0 radical (unpaired) electrons. The highest BCUT2D eigenvalue weighted by Crippen LogP contribution is 2.14. The van der Waals surface area contributed by atoms with E-state index in [1.54, 1.807) is 13.1 Å². The van der Waals surface area contributed by atoms with E-state index in [1.807, 2.05) is 26.0 Å². The van der Waals surface area contributed by atoms with E-state index in [0.29, 0.717) is 12.1 Å². The predicted octanol–water partition coefficient (Wildman–Crippen LogP) is 1.45. The normalized spacial score (nSPS) is 11.2. The number of aryl methyl sites for hydroxylation is 1. The fourth-order valence-corrected chi connectivity index (χ4v) is 1.86. The van der Waals surface area contributed by atoms with E-state index in [1.165, 1.54) is 4.57 Å². The van der Waals surface area contributed by atoms with E-state index in [0.717, 1.165) is 17.5 Å². The van der Waals surface area contributed by atoms with E-state index in [-0.39, 0.29) is 17.6 Å². The van der Waals surface area contributed by atoms with Crippen molar-refractivity contribution in [2.75, 3.05) is 6.54 Å². The van der Waals surface area contributed by atoms with Crippen LogP contribution in [0.2, 0.25) is 0 Å². The summed E-state index contributed by atoms with van der Waals surface area (Å²) in [5.41, 5.74) is 2.42. The molecule has 1 aromatic carbocycles. The molecule has 0 saturated carbocycles. The van der Waals surface area contributed by atoms with E-state index >= 15 is 0 Å². The molecule has 0 unspecified atom stereocenters. The summed E-state index contributed by atoms with van der Waals surface area (Å²) in [6.07, 6.45) is 0.730. The average molecular weight is 262 g/mol. The Hall–Kier alpha value is -2.04. The molecule has 5 nitrogen and oxygen atoms in total. The van der Waals surface area contributed by atoms with Crippen molar-refractivity contribution in [3.05, 3.63) is 34.3 Å². The topological polar surface area (TPSA) is 64.2 Å². The molecule has 19 heavy (non-hydrogen) atoms. The van der Waals surface area contributed by atoms with Crippen LogP contribution in [-0.4, -0.2) is 17.0 Å². The molecule has 0 aliphatic rings. The lowest BCUT2D eigenvalue weighted by molar-refractivity contribution is -0.123. The van der Waals surface area contributed by atoms with Crippen LogP contribution in [0, 0.1) is 5.92 Å². The number of nitrogens with zero attached hydrogens (tertiary/aromatic N) is 1. The maximum atomic E-state index is 11.4. The van der Waals surface area contributed by atoms with Gasteiger partial charge in [0, 0.05) is 19.5 Å². The summed E-state index contributed by atoms with van der Waals surface area (Å²) in [5.74, 6) is -0.311. The van der Waals surface area contributed by atoms with Crippen molar-refractivity contribution in [3.8, 4) is 0 Å². The van der Waals surface area contributed by atoms with Gasteiger partial charge in [-0.05, 0) is 24.1 Å². The first-order valence-corrected chi connectivity index (χ1v) is 6.35. The number of rotatable bonds is 4. The molecule has 1 heterocycles. The van der Waals surface area contributed by atoms with Gasteiger partial charge in [0.1, 0.15) is 0 Å². The van der Waals surface area contributed by atoms with Crippen LogP contribution in [0.4, 0.5) is 0 Å². The Kier molecular flexibility index (Phi) is 3.74. The molecule has 0 fully saturated rings. The zero-order valence-corrected chi connectivity index (χ0v) is 11.4. The van der Waals surface area contributed by atoms with Crippen LogP contribution in [0.15, 0.2) is 27.4 Å². The van der Waals surface area contributed by atoms with Crippen LogP contribution in [0.1, 0.15) is 19.4 Å². The number of carbonyl (C=O) groups is 1. The van der Waals surface area contributed by atoms with Gasteiger partial charge in [0.2, 0.25) is 5.91 Å². The summed E-state index contributed by atoms with van der Waals surface area (Å²) in [5, 5.41) is 2.87. The van der Waals surface area contributed by atoms with E-state index in [4.69, 9.17) is 4.42 Å². The standard InChI is InChI=1S/C14H18N2O3/c1-9(2)13(17)15-7-6-10-4-5-12-11(8-10)16(3)14(18)19-12/h4-5,8-9H,6-7H2,1-3H3,(H,15,17). The second-order valence-electron chi connectivity index (χ2n) is 4.92. The van der Waals surface area contributed by atoms with Gasteiger partial charge in [0.05, 0.1) is 5.52 Å². The highest BCUT2D eigenvalue weighted by molar-refractivity contribution is 5.78. The van der Waals surface area contributed by atoms with Crippen LogP contribution in [0.5, 0.6) is 0 Å². The molecule has 1 amide bonds. The van der Waals surface area contributed by atoms with Gasteiger partial charge in [-0.15, -0.1) is 0 Å². The number of fused-ring (bicyclic) bond motifs is 1. The second kappa shape index (κ2) is 5.30. The van der Waals surface area contributed by atoms with Crippen molar-refractivity contribution in [3.63, 3.8) is 0 Å². The molecule has 0 aliphatic carbocycles. The van der Waals surface area contributed by atoms with Crippen molar-refractivity contribution >= 4 is 17.0 Å². The number of hydrogen-bond acceptors (Lipinski definition) is 3. The van der Waals surface area contributed by atoms with Crippen molar-refractivity contribution in [1.82, 2.24) is 9.88 Å². The van der Waals surface area contributed by atoms with Gasteiger partial charge >= 0.3 is 5.76 Å². The summed E-state index contributed by atoms with van der Waals surface area (Å²) < 4.78 is 6.54. The number of amides is 1. The van der Waals surface area contributed by atoms with Crippen LogP contribution >= 0.6 is 0 Å². The molecule has 102 valence electrons. The van der Waals surface area contributed by atoms with E-state index < -0.39 is 0 Å². The molecule has 0 spiro atoms.